The smallest absolute Gasteiger partial charge is 0.331 e. The molecule has 0 bridgehead atoms. The van der Waals surface area contributed by atoms with Gasteiger partial charge in [-0.2, -0.15) is 0 Å². The second-order valence-electron chi connectivity index (χ2n) is 15.1. The third kappa shape index (κ3) is 8.84. The van der Waals surface area contributed by atoms with Crippen LogP contribution < -0.4 is 31.9 Å². The number of nitrogens with one attached hydrogen (secondary N) is 6. The summed E-state index contributed by atoms with van der Waals surface area (Å²) in [4.78, 5) is 51.8. The van der Waals surface area contributed by atoms with Crippen LogP contribution in [0.5, 0.6) is 0 Å². The van der Waals surface area contributed by atoms with Crippen molar-refractivity contribution < 1.29 is 28.7 Å². The Hall–Kier alpha value is -3.38. The average molecular weight is 617 g/mol. The zero-order chi connectivity index (χ0) is 33.2. The van der Waals surface area contributed by atoms with Crippen LogP contribution in [-0.4, -0.2) is 71.5 Å². The second-order valence-corrected chi connectivity index (χ2v) is 15.1. The van der Waals surface area contributed by atoms with E-state index in [0.717, 1.165) is 11.1 Å². The monoisotopic (exact) mass is 616 g/mol. The number of rotatable bonds is 8. The van der Waals surface area contributed by atoms with E-state index in [4.69, 9.17) is 9.47 Å². The van der Waals surface area contributed by atoms with E-state index in [0.29, 0.717) is 25.7 Å². The lowest BCUT2D eigenvalue weighted by Gasteiger charge is -2.51. The first-order valence-corrected chi connectivity index (χ1v) is 15.1. The number of carbonyl (C=O) groups excluding carboxylic acids is 4. The van der Waals surface area contributed by atoms with Crippen molar-refractivity contribution >= 4 is 24.0 Å². The lowest BCUT2D eigenvalue weighted by molar-refractivity contribution is -0.153. The average Bonchev–Trinajstić information content (AvgIpc) is 2.86. The van der Waals surface area contributed by atoms with Crippen LogP contribution in [0.25, 0.3) is 0 Å². The standard InChI is InChI=1S/C32H52N6O6/c1-27(2)17-31(23(39)43-9,18-28(3,4)37-27)35-25(41)33-15-21-11-13-22(14-12-21)16-34-26(42)36-32(24(40)44-10)19-29(5,6)38-30(7,8)20-32/h11-14,37-38H,15-20H2,1-10H3,(H2,33,35,41)(H2,34,36,42). The van der Waals surface area contributed by atoms with Gasteiger partial charge in [0.1, 0.15) is 11.1 Å². The van der Waals surface area contributed by atoms with Gasteiger partial charge in [-0.25, -0.2) is 19.2 Å². The third-order valence-corrected chi connectivity index (χ3v) is 8.12. The van der Waals surface area contributed by atoms with E-state index in [9.17, 15) is 19.2 Å². The first-order chi connectivity index (χ1) is 20.1. The van der Waals surface area contributed by atoms with E-state index >= 15 is 0 Å². The molecule has 2 heterocycles. The molecular formula is C32H52N6O6. The van der Waals surface area contributed by atoms with E-state index in [2.05, 4.69) is 31.9 Å². The van der Waals surface area contributed by atoms with Crippen molar-refractivity contribution in [3.63, 3.8) is 0 Å². The molecule has 12 nitrogen and oxygen atoms in total. The van der Waals surface area contributed by atoms with Crippen molar-refractivity contribution in [1.29, 1.82) is 0 Å². The second kappa shape index (κ2) is 12.5. The Balaban J connectivity index is 1.58. The molecule has 2 aliphatic heterocycles. The molecule has 6 N–H and O–H groups in total. The van der Waals surface area contributed by atoms with Gasteiger partial charge in [-0.1, -0.05) is 24.3 Å². The number of hydrogen-bond donors (Lipinski definition) is 6. The molecule has 2 fully saturated rings. The van der Waals surface area contributed by atoms with Crippen LogP contribution in [0.1, 0.15) is 92.2 Å². The van der Waals surface area contributed by atoms with E-state index in [1.807, 2.05) is 79.7 Å². The number of piperidine rings is 2. The SMILES string of the molecule is COC(=O)C1(NC(=O)NCc2ccc(CNC(=O)NC3(C(=O)OC)CC(C)(C)NC(C)(C)C3)cc2)CC(C)(C)NC(C)(C)C1. The predicted octanol–water partition coefficient (Wildman–Crippen LogP) is 2.99. The quantitative estimate of drug-likeness (QED) is 0.243. The lowest BCUT2D eigenvalue weighted by Crippen LogP contribution is -2.71. The van der Waals surface area contributed by atoms with Crippen LogP contribution in [0.15, 0.2) is 24.3 Å². The van der Waals surface area contributed by atoms with Gasteiger partial charge < -0.3 is 41.4 Å². The minimum atomic E-state index is -1.17. The first-order valence-electron chi connectivity index (χ1n) is 15.1. The number of ether oxygens (including phenoxy) is 2. The number of amides is 4. The van der Waals surface area contributed by atoms with Crippen molar-refractivity contribution in [3.8, 4) is 0 Å². The number of carbonyl (C=O) groups is 4. The predicted molar refractivity (Wildman–Crippen MR) is 168 cm³/mol. The van der Waals surface area contributed by atoms with Crippen LogP contribution in [0.4, 0.5) is 9.59 Å². The molecular weight excluding hydrogens is 564 g/mol. The molecule has 4 amide bonds. The molecule has 0 saturated carbocycles. The van der Waals surface area contributed by atoms with Gasteiger partial charge in [0.15, 0.2) is 0 Å². The van der Waals surface area contributed by atoms with Gasteiger partial charge in [-0.3, -0.25) is 0 Å². The van der Waals surface area contributed by atoms with Crippen LogP contribution in [0.3, 0.4) is 0 Å². The van der Waals surface area contributed by atoms with Crippen LogP contribution in [0.2, 0.25) is 0 Å². The van der Waals surface area contributed by atoms with Crippen molar-refractivity contribution in [3.05, 3.63) is 35.4 Å². The summed E-state index contributed by atoms with van der Waals surface area (Å²) >= 11 is 0. The summed E-state index contributed by atoms with van der Waals surface area (Å²) in [6.07, 6.45) is 1.52. The zero-order valence-corrected chi connectivity index (χ0v) is 28.0. The van der Waals surface area contributed by atoms with Crippen molar-refractivity contribution in [2.75, 3.05) is 14.2 Å². The van der Waals surface area contributed by atoms with Crippen LogP contribution in [-0.2, 0) is 32.2 Å². The maximum atomic E-state index is 13.0. The maximum absolute atomic E-state index is 13.0. The molecule has 3 rings (SSSR count). The number of esters is 2. The van der Waals surface area contributed by atoms with Crippen LogP contribution in [0, 0.1) is 0 Å². The lowest BCUT2D eigenvalue weighted by atomic mass is 9.70. The van der Waals surface area contributed by atoms with Gasteiger partial charge in [0.2, 0.25) is 0 Å². The van der Waals surface area contributed by atoms with Gasteiger partial charge >= 0.3 is 24.0 Å². The minimum absolute atomic E-state index is 0.240. The summed E-state index contributed by atoms with van der Waals surface area (Å²) in [5.41, 5.74) is -2.24. The normalized spacial score (nSPS) is 22.0. The summed E-state index contributed by atoms with van der Waals surface area (Å²) in [5, 5.41) is 18.6. The fourth-order valence-corrected chi connectivity index (χ4v) is 7.77. The number of urea groups is 2. The molecule has 2 aliphatic rings. The van der Waals surface area contributed by atoms with Crippen molar-refractivity contribution in [1.82, 2.24) is 31.9 Å². The molecule has 246 valence electrons. The molecule has 1 aromatic carbocycles. The van der Waals surface area contributed by atoms with Crippen molar-refractivity contribution in [2.24, 2.45) is 0 Å². The Morgan fingerprint density at radius 1 is 0.591 bits per heavy atom. The Labute approximate surface area is 261 Å². The Morgan fingerprint density at radius 2 is 0.864 bits per heavy atom. The largest absolute Gasteiger partial charge is 0.467 e. The van der Waals surface area contributed by atoms with Gasteiger partial charge in [0.05, 0.1) is 14.2 Å². The highest BCUT2D eigenvalue weighted by Gasteiger charge is 2.54. The number of hydrogen-bond acceptors (Lipinski definition) is 8. The number of methoxy groups -OCH3 is 2. The van der Waals surface area contributed by atoms with E-state index in [1.54, 1.807) is 0 Å². The van der Waals surface area contributed by atoms with Crippen molar-refractivity contribution in [2.45, 2.75) is 127 Å². The first kappa shape index (κ1) is 35.1. The minimum Gasteiger partial charge on any atom is -0.467 e. The highest BCUT2D eigenvalue weighted by atomic mass is 16.5. The van der Waals surface area contributed by atoms with Crippen LogP contribution >= 0.6 is 0 Å². The summed E-state index contributed by atoms with van der Waals surface area (Å²) < 4.78 is 10.2. The fourth-order valence-electron chi connectivity index (χ4n) is 7.77. The molecule has 2 saturated heterocycles. The maximum Gasteiger partial charge on any atom is 0.331 e. The van der Waals surface area contributed by atoms with Gasteiger partial charge in [0.25, 0.3) is 0 Å². The molecule has 44 heavy (non-hydrogen) atoms. The molecule has 0 radical (unpaired) electrons. The topological polar surface area (TPSA) is 159 Å². The highest BCUT2D eigenvalue weighted by Crippen LogP contribution is 2.38. The Morgan fingerprint density at radius 3 is 1.11 bits per heavy atom. The molecule has 0 spiro atoms. The molecule has 12 heteroatoms. The van der Waals surface area contributed by atoms with E-state index in [1.165, 1.54) is 14.2 Å². The summed E-state index contributed by atoms with van der Waals surface area (Å²) in [5.74, 6) is -0.942. The Kier molecular flexibility index (Phi) is 10.0. The molecule has 0 aliphatic carbocycles. The summed E-state index contributed by atoms with van der Waals surface area (Å²) in [6, 6.07) is 6.50. The Bertz CT molecular complexity index is 1110. The van der Waals surface area contributed by atoms with Gasteiger partial charge in [-0.15, -0.1) is 0 Å². The van der Waals surface area contributed by atoms with Gasteiger partial charge in [0, 0.05) is 35.2 Å². The van der Waals surface area contributed by atoms with E-state index in [-0.39, 0.29) is 13.1 Å². The molecule has 0 unspecified atom stereocenters. The van der Waals surface area contributed by atoms with Gasteiger partial charge in [-0.05, 0) is 92.2 Å². The zero-order valence-electron chi connectivity index (χ0n) is 28.0. The molecule has 0 atom stereocenters. The number of benzene rings is 1. The van der Waals surface area contributed by atoms with E-state index < -0.39 is 57.2 Å². The third-order valence-electron chi connectivity index (χ3n) is 8.12. The molecule has 0 aromatic heterocycles. The molecule has 1 aromatic rings. The summed E-state index contributed by atoms with van der Waals surface area (Å²) in [6.45, 7) is 16.5. The fraction of sp³-hybridized carbons (Fsp3) is 0.688. The highest BCUT2D eigenvalue weighted by molar-refractivity contribution is 5.88. The summed E-state index contributed by atoms with van der Waals surface area (Å²) in [7, 11) is 2.66.